The van der Waals surface area contributed by atoms with E-state index in [-0.39, 0.29) is 11.3 Å². The average Bonchev–Trinajstić information content (AvgIpc) is 2.94. The molecule has 0 atom stereocenters. The van der Waals surface area contributed by atoms with Crippen molar-refractivity contribution in [2.75, 3.05) is 11.9 Å². The predicted molar refractivity (Wildman–Crippen MR) is 75.0 cm³/mol. The smallest absolute Gasteiger partial charge is 0.254 e. The van der Waals surface area contributed by atoms with Crippen LogP contribution in [0.25, 0.3) is 0 Å². The molecular formula is C13H20BrN3O. The first-order chi connectivity index (χ1) is 8.56. The number of nitrogens with one attached hydrogen (secondary N) is 1. The van der Waals surface area contributed by atoms with Crippen molar-refractivity contribution in [1.82, 2.24) is 15.1 Å². The van der Waals surface area contributed by atoms with Crippen LogP contribution in [0.4, 0.5) is 0 Å². The molecule has 0 saturated heterocycles. The van der Waals surface area contributed by atoms with Gasteiger partial charge in [0.05, 0.1) is 11.3 Å². The Morgan fingerprint density at radius 2 is 2.22 bits per heavy atom. The van der Waals surface area contributed by atoms with Gasteiger partial charge in [0.2, 0.25) is 0 Å². The summed E-state index contributed by atoms with van der Waals surface area (Å²) in [5.41, 5.74) is 1.72. The molecule has 0 aromatic carbocycles. The average molecular weight is 314 g/mol. The second kappa shape index (κ2) is 5.43. The molecule has 0 spiro atoms. The summed E-state index contributed by atoms with van der Waals surface area (Å²) in [6, 6.07) is 0. The molecule has 2 rings (SSSR count). The summed E-state index contributed by atoms with van der Waals surface area (Å²) >= 11 is 3.59. The Morgan fingerprint density at radius 3 is 2.72 bits per heavy atom. The Hall–Kier alpha value is -0.840. The van der Waals surface area contributed by atoms with E-state index >= 15 is 0 Å². The first-order valence-corrected chi connectivity index (χ1v) is 7.53. The third kappa shape index (κ3) is 2.76. The van der Waals surface area contributed by atoms with E-state index in [4.69, 9.17) is 0 Å². The van der Waals surface area contributed by atoms with Crippen molar-refractivity contribution < 1.29 is 4.79 Å². The van der Waals surface area contributed by atoms with E-state index in [0.717, 1.165) is 17.6 Å². The lowest BCUT2D eigenvalue weighted by Crippen LogP contribution is -2.37. The number of alkyl halides is 1. The molecule has 1 saturated carbocycles. The molecule has 5 heteroatoms. The first kappa shape index (κ1) is 13.6. The lowest BCUT2D eigenvalue weighted by molar-refractivity contribution is 0.0935. The van der Waals surface area contributed by atoms with E-state index < -0.39 is 0 Å². The number of hydrogen-bond acceptors (Lipinski definition) is 2. The number of nitrogens with zero attached hydrogens (tertiary/aromatic N) is 2. The van der Waals surface area contributed by atoms with Crippen molar-refractivity contribution >= 4 is 21.8 Å². The molecule has 1 heterocycles. The van der Waals surface area contributed by atoms with Gasteiger partial charge in [0, 0.05) is 25.1 Å². The molecule has 0 unspecified atom stereocenters. The summed E-state index contributed by atoms with van der Waals surface area (Å²) < 4.78 is 1.68. The number of amides is 1. The van der Waals surface area contributed by atoms with E-state index in [1.54, 1.807) is 10.9 Å². The molecule has 0 radical (unpaired) electrons. The van der Waals surface area contributed by atoms with Crippen LogP contribution in [0, 0.1) is 12.3 Å². The molecule has 1 aliphatic rings. The lowest BCUT2D eigenvalue weighted by atomic mass is 9.89. The van der Waals surface area contributed by atoms with Gasteiger partial charge < -0.3 is 5.32 Å². The van der Waals surface area contributed by atoms with E-state index in [1.807, 2.05) is 14.0 Å². The number of rotatable bonds is 4. The number of aryl methyl sites for hydroxylation is 2. The van der Waals surface area contributed by atoms with Crippen LogP contribution in [0.2, 0.25) is 0 Å². The Bertz CT molecular complexity index is 435. The van der Waals surface area contributed by atoms with Crippen molar-refractivity contribution in [3.8, 4) is 0 Å². The number of carbonyl (C=O) groups is 1. The Kier molecular flexibility index (Phi) is 4.10. The highest BCUT2D eigenvalue weighted by atomic mass is 79.9. The van der Waals surface area contributed by atoms with Gasteiger partial charge in [-0.1, -0.05) is 28.8 Å². The van der Waals surface area contributed by atoms with Crippen LogP contribution in [0.5, 0.6) is 0 Å². The molecule has 1 fully saturated rings. The van der Waals surface area contributed by atoms with Gasteiger partial charge in [0.1, 0.15) is 0 Å². The maximum Gasteiger partial charge on any atom is 0.254 e. The van der Waals surface area contributed by atoms with Gasteiger partial charge in [-0.05, 0) is 25.2 Å². The van der Waals surface area contributed by atoms with Gasteiger partial charge in [-0.3, -0.25) is 9.48 Å². The van der Waals surface area contributed by atoms with Gasteiger partial charge >= 0.3 is 0 Å². The summed E-state index contributed by atoms with van der Waals surface area (Å²) in [6.07, 6.45) is 6.72. The SMILES string of the molecule is Cc1nn(C)cc1C(=O)NCC1(CBr)CCCC1. The number of halogens is 1. The fourth-order valence-electron chi connectivity index (χ4n) is 2.67. The third-order valence-electron chi connectivity index (χ3n) is 3.83. The van der Waals surface area contributed by atoms with Crippen molar-refractivity contribution in [2.24, 2.45) is 12.5 Å². The van der Waals surface area contributed by atoms with Crippen molar-refractivity contribution in [2.45, 2.75) is 32.6 Å². The molecule has 1 amide bonds. The summed E-state index contributed by atoms with van der Waals surface area (Å²) in [4.78, 5) is 12.1. The van der Waals surface area contributed by atoms with Crippen LogP contribution in [0.1, 0.15) is 41.7 Å². The largest absolute Gasteiger partial charge is 0.351 e. The minimum Gasteiger partial charge on any atom is -0.351 e. The van der Waals surface area contributed by atoms with Crippen molar-refractivity contribution in [3.05, 3.63) is 17.5 Å². The zero-order chi connectivity index (χ0) is 13.2. The number of aromatic nitrogens is 2. The molecule has 1 aromatic rings. The van der Waals surface area contributed by atoms with Crippen molar-refractivity contribution in [3.63, 3.8) is 0 Å². The molecule has 0 aliphatic heterocycles. The van der Waals surface area contributed by atoms with Gasteiger partial charge in [0.15, 0.2) is 0 Å². The van der Waals surface area contributed by atoms with Crippen LogP contribution >= 0.6 is 15.9 Å². The minimum absolute atomic E-state index is 0.00664. The van der Waals surface area contributed by atoms with Crippen LogP contribution in [0.3, 0.4) is 0 Å². The fraction of sp³-hybridized carbons (Fsp3) is 0.692. The standard InChI is InChI=1S/C13H20BrN3O/c1-10-11(7-17(2)16-10)12(18)15-9-13(8-14)5-3-4-6-13/h7H,3-6,8-9H2,1-2H3,(H,15,18). The minimum atomic E-state index is -0.00664. The summed E-state index contributed by atoms with van der Waals surface area (Å²) in [5.74, 6) is -0.00664. The molecule has 1 aliphatic carbocycles. The highest BCUT2D eigenvalue weighted by molar-refractivity contribution is 9.09. The molecule has 4 nitrogen and oxygen atoms in total. The Balaban J connectivity index is 1.98. The molecule has 1 aromatic heterocycles. The number of hydrogen-bond donors (Lipinski definition) is 1. The monoisotopic (exact) mass is 313 g/mol. The zero-order valence-electron chi connectivity index (χ0n) is 11.0. The van der Waals surface area contributed by atoms with Gasteiger partial charge in [-0.15, -0.1) is 0 Å². The highest BCUT2D eigenvalue weighted by Gasteiger charge is 2.33. The second-order valence-electron chi connectivity index (χ2n) is 5.33. The Morgan fingerprint density at radius 1 is 1.56 bits per heavy atom. The Labute approximate surface area is 116 Å². The van der Waals surface area contributed by atoms with Gasteiger partial charge in [-0.25, -0.2) is 0 Å². The normalized spacial score (nSPS) is 17.9. The van der Waals surface area contributed by atoms with E-state index in [1.165, 1.54) is 25.7 Å². The van der Waals surface area contributed by atoms with E-state index in [9.17, 15) is 4.79 Å². The zero-order valence-corrected chi connectivity index (χ0v) is 12.6. The van der Waals surface area contributed by atoms with Crippen LogP contribution in [0.15, 0.2) is 6.20 Å². The first-order valence-electron chi connectivity index (χ1n) is 6.41. The maximum atomic E-state index is 12.1. The quantitative estimate of drug-likeness (QED) is 0.868. The fourth-order valence-corrected chi connectivity index (χ4v) is 3.43. The van der Waals surface area contributed by atoms with Gasteiger partial charge in [-0.2, -0.15) is 5.10 Å². The second-order valence-corrected chi connectivity index (χ2v) is 5.89. The number of carbonyl (C=O) groups excluding carboxylic acids is 1. The molecule has 1 N–H and O–H groups in total. The molecule has 0 bridgehead atoms. The molecular weight excluding hydrogens is 294 g/mol. The summed E-state index contributed by atoms with van der Waals surface area (Å²) in [5, 5.41) is 8.23. The van der Waals surface area contributed by atoms with Crippen LogP contribution in [-0.2, 0) is 7.05 Å². The third-order valence-corrected chi connectivity index (χ3v) is 5.02. The molecule has 100 valence electrons. The van der Waals surface area contributed by atoms with Gasteiger partial charge in [0.25, 0.3) is 5.91 Å². The predicted octanol–water partition coefficient (Wildman–Crippen LogP) is 2.41. The topological polar surface area (TPSA) is 46.9 Å². The lowest BCUT2D eigenvalue weighted by Gasteiger charge is -2.26. The van der Waals surface area contributed by atoms with Crippen LogP contribution < -0.4 is 5.32 Å². The van der Waals surface area contributed by atoms with E-state index in [2.05, 4.69) is 26.3 Å². The molecule has 18 heavy (non-hydrogen) atoms. The van der Waals surface area contributed by atoms with Crippen molar-refractivity contribution in [1.29, 1.82) is 0 Å². The van der Waals surface area contributed by atoms with E-state index in [0.29, 0.717) is 5.56 Å². The van der Waals surface area contributed by atoms with Crippen LogP contribution in [-0.4, -0.2) is 27.6 Å². The summed E-state index contributed by atoms with van der Waals surface area (Å²) in [6.45, 7) is 2.62. The maximum absolute atomic E-state index is 12.1. The summed E-state index contributed by atoms with van der Waals surface area (Å²) in [7, 11) is 1.83. The highest BCUT2D eigenvalue weighted by Crippen LogP contribution is 2.38.